The van der Waals surface area contributed by atoms with Crippen LogP contribution in [0.3, 0.4) is 0 Å². The fourth-order valence-corrected chi connectivity index (χ4v) is 3.88. The lowest BCUT2D eigenvalue weighted by Gasteiger charge is -2.33. The Kier molecular flexibility index (Phi) is 8.34. The second-order valence-corrected chi connectivity index (χ2v) is 7.96. The Morgan fingerprint density at radius 2 is 1.32 bits per heavy atom. The predicted molar refractivity (Wildman–Crippen MR) is 93.0 cm³/mol. The van der Waals surface area contributed by atoms with E-state index in [-0.39, 0.29) is 12.7 Å². The molecule has 1 aromatic carbocycles. The van der Waals surface area contributed by atoms with Gasteiger partial charge in [0, 0.05) is 0 Å². The highest BCUT2D eigenvalue weighted by Gasteiger charge is 2.81. The zero-order valence-electron chi connectivity index (χ0n) is 14.1. The molecule has 1 rings (SSSR count). The molecule has 0 saturated heterocycles. The van der Waals surface area contributed by atoms with Gasteiger partial charge in [-0.3, -0.25) is 0 Å². The quantitative estimate of drug-likeness (QED) is 0.279. The van der Waals surface area contributed by atoms with E-state index in [9.17, 15) is 58.2 Å². The SMILES string of the molecule is O=C([O-])C(F)(F)Oc1c(I)cc(COCC(F)(F)C(F)(F)C(F)(F)C(F)(F)F)cc1I. The Bertz CT molecular complexity index is 804. The summed E-state index contributed by atoms with van der Waals surface area (Å²) in [5.74, 6) is -23.4. The molecule has 1 aromatic rings. The number of halogens is 13. The van der Waals surface area contributed by atoms with Crippen LogP contribution < -0.4 is 9.84 Å². The first-order valence-electron chi connectivity index (χ1n) is 7.21. The fourth-order valence-electron chi connectivity index (χ4n) is 1.76. The summed E-state index contributed by atoms with van der Waals surface area (Å²) in [6, 6.07) is 1.79. The minimum absolute atomic E-state index is 0.195. The van der Waals surface area contributed by atoms with Crippen LogP contribution in [-0.2, 0) is 16.1 Å². The minimum Gasteiger partial charge on any atom is -0.541 e. The van der Waals surface area contributed by atoms with E-state index in [1.165, 1.54) is 45.2 Å². The summed E-state index contributed by atoms with van der Waals surface area (Å²) in [5, 5.41) is 10.3. The first-order chi connectivity index (χ1) is 13.7. The number of benzene rings is 1. The normalized spacial score (nSPS) is 14.0. The Balaban J connectivity index is 2.96. The van der Waals surface area contributed by atoms with Crippen molar-refractivity contribution < 1.29 is 67.7 Å². The monoisotopic (exact) mass is 701 g/mol. The van der Waals surface area contributed by atoms with Crippen LogP contribution in [0.25, 0.3) is 0 Å². The number of aliphatic carboxylic acids is 1. The second-order valence-electron chi connectivity index (χ2n) is 5.64. The van der Waals surface area contributed by atoms with Crippen LogP contribution in [0.4, 0.5) is 48.3 Å². The van der Waals surface area contributed by atoms with Gasteiger partial charge in [0.2, 0.25) is 0 Å². The molecule has 17 heteroatoms. The van der Waals surface area contributed by atoms with Gasteiger partial charge in [-0.15, -0.1) is 0 Å². The molecule has 0 amide bonds. The molecule has 31 heavy (non-hydrogen) atoms. The van der Waals surface area contributed by atoms with Gasteiger partial charge >= 0.3 is 30.1 Å². The highest BCUT2D eigenvalue weighted by Crippen LogP contribution is 2.53. The molecule has 0 bridgehead atoms. The number of carbonyl (C=O) groups excluding carboxylic acids is 1. The number of carbonyl (C=O) groups is 1. The molecule has 0 aromatic heterocycles. The van der Waals surface area contributed by atoms with Crippen LogP contribution in [0.15, 0.2) is 12.1 Å². The van der Waals surface area contributed by atoms with Gasteiger partial charge in [0.25, 0.3) is 0 Å². The van der Waals surface area contributed by atoms with Gasteiger partial charge in [0.1, 0.15) is 6.61 Å². The van der Waals surface area contributed by atoms with Gasteiger partial charge in [0.05, 0.1) is 13.7 Å². The average Bonchev–Trinajstić information content (AvgIpc) is 2.56. The van der Waals surface area contributed by atoms with E-state index in [1.54, 1.807) is 0 Å². The van der Waals surface area contributed by atoms with Crippen molar-refractivity contribution in [3.63, 3.8) is 0 Å². The maximum Gasteiger partial charge on any atom is 0.460 e. The molecule has 0 fully saturated rings. The maximum atomic E-state index is 13.4. The largest absolute Gasteiger partial charge is 0.541 e. The molecule has 0 N–H and O–H groups in total. The lowest BCUT2D eigenvalue weighted by Crippen LogP contribution is -2.62. The highest BCUT2D eigenvalue weighted by molar-refractivity contribution is 14.1. The molecular formula is C14H6F11I2O4-. The number of carboxylic acid groups (broad SMARTS) is 1. The second kappa shape index (κ2) is 9.18. The minimum atomic E-state index is -7.05. The van der Waals surface area contributed by atoms with E-state index in [2.05, 4.69) is 9.47 Å². The molecular weight excluding hydrogens is 695 g/mol. The van der Waals surface area contributed by atoms with Gasteiger partial charge in [0.15, 0.2) is 11.7 Å². The van der Waals surface area contributed by atoms with E-state index < -0.39 is 55.0 Å². The highest BCUT2D eigenvalue weighted by atomic mass is 127. The zero-order chi connectivity index (χ0) is 24.6. The topological polar surface area (TPSA) is 58.6 Å². The van der Waals surface area contributed by atoms with E-state index in [4.69, 9.17) is 0 Å². The van der Waals surface area contributed by atoms with Crippen molar-refractivity contribution in [3.8, 4) is 5.75 Å². The van der Waals surface area contributed by atoms with Crippen LogP contribution >= 0.6 is 45.2 Å². The maximum absolute atomic E-state index is 13.4. The first kappa shape index (κ1) is 28.2. The number of ether oxygens (including phenoxy) is 2. The standard InChI is InChI=1S/C14H7F11I2O4/c15-10(16,12(19,20)13(21,22)14(23,24)25)4-30-3-5-1-6(26)8(7(27)2-5)31-11(17,18)9(28)29/h1-2H,3-4H2,(H,28,29)/p-1. The van der Waals surface area contributed by atoms with Crippen molar-refractivity contribution >= 4 is 51.2 Å². The first-order valence-corrected chi connectivity index (χ1v) is 9.37. The molecule has 0 spiro atoms. The Labute approximate surface area is 192 Å². The third-order valence-corrected chi connectivity index (χ3v) is 4.89. The molecule has 0 aliphatic heterocycles. The molecule has 0 radical (unpaired) electrons. The number of hydrogen-bond donors (Lipinski definition) is 0. The summed E-state index contributed by atoms with van der Waals surface area (Å²) in [5.41, 5.74) is -0.195. The molecule has 0 heterocycles. The summed E-state index contributed by atoms with van der Waals surface area (Å²) in [4.78, 5) is 10.3. The lowest BCUT2D eigenvalue weighted by atomic mass is 10.0. The third-order valence-electron chi connectivity index (χ3n) is 3.29. The van der Waals surface area contributed by atoms with E-state index in [1.807, 2.05) is 0 Å². The van der Waals surface area contributed by atoms with E-state index >= 15 is 0 Å². The summed E-state index contributed by atoms with van der Waals surface area (Å²) in [7, 11) is 0. The Hall–Kier alpha value is -0.860. The third kappa shape index (κ3) is 5.93. The summed E-state index contributed by atoms with van der Waals surface area (Å²) in [6.07, 6.45) is -11.7. The molecule has 178 valence electrons. The molecule has 0 aliphatic rings. The predicted octanol–water partition coefficient (Wildman–Crippen LogP) is 4.60. The average molecular weight is 701 g/mol. The Morgan fingerprint density at radius 3 is 1.71 bits per heavy atom. The van der Waals surface area contributed by atoms with Crippen molar-refractivity contribution in [2.75, 3.05) is 6.61 Å². The molecule has 0 aliphatic carbocycles. The van der Waals surface area contributed by atoms with Gasteiger partial charge < -0.3 is 19.4 Å². The van der Waals surface area contributed by atoms with Crippen LogP contribution in [0.1, 0.15) is 5.56 Å². The van der Waals surface area contributed by atoms with Gasteiger partial charge in [-0.25, -0.2) is 0 Å². The van der Waals surface area contributed by atoms with Gasteiger partial charge in [-0.2, -0.15) is 48.3 Å². The van der Waals surface area contributed by atoms with Crippen molar-refractivity contribution in [1.82, 2.24) is 0 Å². The summed E-state index contributed by atoms with van der Waals surface area (Å²) in [6.45, 7) is -3.58. The van der Waals surface area contributed by atoms with E-state index in [0.29, 0.717) is 0 Å². The zero-order valence-corrected chi connectivity index (χ0v) is 18.4. The number of rotatable bonds is 9. The van der Waals surface area contributed by atoms with Crippen molar-refractivity contribution in [2.45, 2.75) is 36.7 Å². The lowest BCUT2D eigenvalue weighted by molar-refractivity contribution is -0.400. The van der Waals surface area contributed by atoms with Crippen LogP contribution in [0.5, 0.6) is 5.75 Å². The summed E-state index contributed by atoms with van der Waals surface area (Å²) >= 11 is 2.70. The number of carboxylic acids is 1. The van der Waals surface area contributed by atoms with Crippen LogP contribution in [0.2, 0.25) is 0 Å². The van der Waals surface area contributed by atoms with Crippen molar-refractivity contribution in [3.05, 3.63) is 24.8 Å². The number of alkyl halides is 11. The summed E-state index contributed by atoms with van der Waals surface area (Å²) < 4.78 is 149. The van der Waals surface area contributed by atoms with Gasteiger partial charge in [-0.05, 0) is 62.9 Å². The van der Waals surface area contributed by atoms with Crippen molar-refractivity contribution in [1.29, 1.82) is 0 Å². The van der Waals surface area contributed by atoms with Crippen LogP contribution in [-0.4, -0.2) is 42.6 Å². The molecule has 4 nitrogen and oxygen atoms in total. The van der Waals surface area contributed by atoms with Crippen molar-refractivity contribution in [2.24, 2.45) is 0 Å². The smallest absolute Gasteiger partial charge is 0.460 e. The number of hydrogen-bond acceptors (Lipinski definition) is 4. The van der Waals surface area contributed by atoms with E-state index in [0.717, 1.165) is 12.1 Å². The molecule has 0 unspecified atom stereocenters. The van der Waals surface area contributed by atoms with Crippen LogP contribution in [0, 0.1) is 7.14 Å². The van der Waals surface area contributed by atoms with Gasteiger partial charge in [-0.1, -0.05) is 0 Å². The molecule has 0 saturated carbocycles. The molecule has 0 atom stereocenters. The fraction of sp³-hybridized carbons (Fsp3) is 0.500. The Morgan fingerprint density at radius 1 is 0.871 bits per heavy atom.